The third kappa shape index (κ3) is 2.44. The van der Waals surface area contributed by atoms with Crippen molar-refractivity contribution in [3.63, 3.8) is 0 Å². The Bertz CT molecular complexity index is 879. The number of rotatable bonds is 4. The highest BCUT2D eigenvalue weighted by molar-refractivity contribution is 6.32. The Morgan fingerprint density at radius 3 is 1.58 bits per heavy atom. The zero-order chi connectivity index (χ0) is 19.0. The first-order valence-electron chi connectivity index (χ1n) is 8.19. The van der Waals surface area contributed by atoms with Crippen LogP contribution in [0.4, 0.5) is 0 Å². The van der Waals surface area contributed by atoms with Gasteiger partial charge in [0.2, 0.25) is 0 Å². The average molecular weight is 355 g/mol. The van der Waals surface area contributed by atoms with Gasteiger partial charge < -0.3 is 14.0 Å². The zero-order valence-corrected chi connectivity index (χ0v) is 14.6. The van der Waals surface area contributed by atoms with Crippen molar-refractivity contribution in [2.24, 2.45) is 7.05 Å². The average Bonchev–Trinajstić information content (AvgIpc) is 2.93. The lowest BCUT2D eigenvalue weighted by Gasteiger charge is -2.15. The molecule has 26 heavy (non-hydrogen) atoms. The molecule has 0 unspecified atom stereocenters. The van der Waals surface area contributed by atoms with Crippen LogP contribution in [-0.4, -0.2) is 41.3 Å². The summed E-state index contributed by atoms with van der Waals surface area (Å²) in [5.41, 5.74) is -0.0981. The normalized spacial score (nSPS) is 12.4. The number of ketones is 2. The highest BCUT2D eigenvalue weighted by Crippen LogP contribution is 2.34. The number of carbonyl (C=O) groups excluding carboxylic acids is 4. The van der Waals surface area contributed by atoms with Crippen molar-refractivity contribution < 1.29 is 28.7 Å². The van der Waals surface area contributed by atoms with E-state index in [1.165, 1.54) is 23.7 Å². The lowest BCUT2D eigenvalue weighted by Crippen LogP contribution is -2.23. The van der Waals surface area contributed by atoms with E-state index in [2.05, 4.69) is 0 Å². The van der Waals surface area contributed by atoms with E-state index in [1.54, 1.807) is 26.0 Å². The van der Waals surface area contributed by atoms with Gasteiger partial charge in [0.05, 0.1) is 24.3 Å². The topological polar surface area (TPSA) is 91.7 Å². The Morgan fingerprint density at radius 2 is 1.23 bits per heavy atom. The van der Waals surface area contributed by atoms with Crippen molar-refractivity contribution in [3.05, 3.63) is 57.9 Å². The van der Waals surface area contributed by atoms with Crippen molar-refractivity contribution in [2.45, 2.75) is 13.8 Å². The Kier molecular flexibility index (Phi) is 4.46. The molecule has 0 aliphatic heterocycles. The summed E-state index contributed by atoms with van der Waals surface area (Å²) in [5.74, 6) is -2.54. The molecule has 0 atom stereocenters. The number of esters is 2. The van der Waals surface area contributed by atoms with Crippen LogP contribution >= 0.6 is 0 Å². The van der Waals surface area contributed by atoms with Crippen LogP contribution in [0.2, 0.25) is 0 Å². The molecule has 0 amide bonds. The van der Waals surface area contributed by atoms with Gasteiger partial charge in [-0.15, -0.1) is 0 Å². The fourth-order valence-electron chi connectivity index (χ4n) is 3.15. The monoisotopic (exact) mass is 355 g/mol. The fraction of sp³-hybridized carbons (Fsp3) is 0.263. The second-order valence-electron chi connectivity index (χ2n) is 5.65. The molecule has 134 valence electrons. The molecule has 0 saturated heterocycles. The van der Waals surface area contributed by atoms with Crippen molar-refractivity contribution >= 4 is 23.5 Å². The van der Waals surface area contributed by atoms with Gasteiger partial charge in [-0.05, 0) is 13.8 Å². The summed E-state index contributed by atoms with van der Waals surface area (Å²) in [5, 5.41) is 0. The molecule has 7 heteroatoms. The molecule has 1 aromatic carbocycles. The Labute approximate surface area is 149 Å². The number of hydrogen-bond acceptors (Lipinski definition) is 6. The number of ether oxygens (including phenoxy) is 2. The number of hydrogen-bond donors (Lipinski definition) is 0. The van der Waals surface area contributed by atoms with Crippen LogP contribution in [0.3, 0.4) is 0 Å². The molecule has 7 nitrogen and oxygen atoms in total. The first kappa shape index (κ1) is 17.6. The molecule has 0 bridgehead atoms. The van der Waals surface area contributed by atoms with Crippen molar-refractivity contribution in [2.75, 3.05) is 13.2 Å². The summed E-state index contributed by atoms with van der Waals surface area (Å²) < 4.78 is 11.3. The van der Waals surface area contributed by atoms with Crippen LogP contribution in [0.5, 0.6) is 0 Å². The molecule has 0 fully saturated rings. The first-order chi connectivity index (χ1) is 12.4. The van der Waals surface area contributed by atoms with Crippen LogP contribution in [-0.2, 0) is 16.5 Å². The van der Waals surface area contributed by atoms with Gasteiger partial charge in [0.1, 0.15) is 11.4 Å². The van der Waals surface area contributed by atoms with Gasteiger partial charge in [-0.25, -0.2) is 9.59 Å². The van der Waals surface area contributed by atoms with Crippen molar-refractivity contribution in [1.82, 2.24) is 4.57 Å². The third-order valence-corrected chi connectivity index (χ3v) is 4.20. The van der Waals surface area contributed by atoms with Crippen LogP contribution in [0.15, 0.2) is 24.3 Å². The Morgan fingerprint density at radius 1 is 0.846 bits per heavy atom. The molecule has 0 saturated carbocycles. The molecular weight excluding hydrogens is 338 g/mol. The minimum Gasteiger partial charge on any atom is -0.461 e. The number of nitrogens with zero attached hydrogens (tertiary/aromatic N) is 1. The van der Waals surface area contributed by atoms with E-state index < -0.39 is 23.5 Å². The smallest absolute Gasteiger partial charge is 0.355 e. The minimum absolute atomic E-state index is 0.0895. The number of aromatic nitrogens is 1. The number of carbonyl (C=O) groups is 4. The number of fused-ring (bicyclic) bond motifs is 2. The molecule has 3 rings (SSSR count). The van der Waals surface area contributed by atoms with E-state index in [0.29, 0.717) is 0 Å². The van der Waals surface area contributed by atoms with E-state index in [1.807, 2.05) is 0 Å². The lowest BCUT2D eigenvalue weighted by molar-refractivity contribution is 0.0503. The SMILES string of the molecule is CCOC(=O)c1c2c(c(C(=O)OCC)n1C)C(=O)c1ccccc1C2=O. The van der Waals surface area contributed by atoms with Crippen LogP contribution < -0.4 is 0 Å². The largest absolute Gasteiger partial charge is 0.461 e. The molecule has 2 aromatic rings. The van der Waals surface area contributed by atoms with Crippen LogP contribution in [0.1, 0.15) is 66.7 Å². The van der Waals surface area contributed by atoms with E-state index in [4.69, 9.17) is 9.47 Å². The van der Waals surface area contributed by atoms with E-state index in [-0.39, 0.29) is 46.9 Å². The third-order valence-electron chi connectivity index (χ3n) is 4.20. The summed E-state index contributed by atoms with van der Waals surface area (Å²) >= 11 is 0. The minimum atomic E-state index is -0.776. The van der Waals surface area contributed by atoms with Gasteiger partial charge in [-0.1, -0.05) is 24.3 Å². The molecule has 0 N–H and O–H groups in total. The maximum absolute atomic E-state index is 13.0. The molecule has 1 aliphatic rings. The standard InChI is InChI=1S/C19H17NO6/c1-4-25-18(23)14-12-13(15(20(14)3)19(24)26-5-2)17(22)11-9-7-6-8-10(11)16(12)21/h6-9H,4-5H2,1-3H3. The molecule has 1 heterocycles. The van der Waals surface area contributed by atoms with E-state index >= 15 is 0 Å². The molecule has 0 radical (unpaired) electrons. The maximum Gasteiger partial charge on any atom is 0.355 e. The van der Waals surface area contributed by atoms with Crippen molar-refractivity contribution in [3.8, 4) is 0 Å². The summed E-state index contributed by atoms with van der Waals surface area (Å²) in [6, 6.07) is 6.30. The fourth-order valence-corrected chi connectivity index (χ4v) is 3.15. The van der Waals surface area contributed by atoms with Gasteiger partial charge in [-0.2, -0.15) is 0 Å². The summed E-state index contributed by atoms with van der Waals surface area (Å²) in [4.78, 5) is 50.9. The molecular formula is C19H17NO6. The predicted octanol–water partition coefficient (Wildman–Crippen LogP) is 2.15. The quantitative estimate of drug-likeness (QED) is 0.666. The Balaban J connectivity index is 2.34. The second-order valence-corrected chi connectivity index (χ2v) is 5.65. The Hall–Kier alpha value is -3.22. The van der Waals surface area contributed by atoms with Crippen molar-refractivity contribution in [1.29, 1.82) is 0 Å². The molecule has 1 aliphatic carbocycles. The summed E-state index contributed by atoms with van der Waals surface area (Å²) in [6.45, 7) is 3.43. The highest BCUT2D eigenvalue weighted by Gasteiger charge is 2.41. The highest BCUT2D eigenvalue weighted by atomic mass is 16.5. The molecule has 1 aromatic heterocycles. The van der Waals surface area contributed by atoms with Crippen LogP contribution in [0.25, 0.3) is 0 Å². The second kappa shape index (κ2) is 6.59. The zero-order valence-electron chi connectivity index (χ0n) is 14.6. The van der Waals surface area contributed by atoms with Gasteiger partial charge in [0.25, 0.3) is 0 Å². The lowest BCUT2D eigenvalue weighted by atomic mass is 9.84. The summed E-state index contributed by atoms with van der Waals surface area (Å²) in [6.07, 6.45) is 0. The maximum atomic E-state index is 13.0. The summed E-state index contributed by atoms with van der Waals surface area (Å²) in [7, 11) is 1.43. The van der Waals surface area contributed by atoms with Gasteiger partial charge in [-0.3, -0.25) is 9.59 Å². The number of benzene rings is 1. The van der Waals surface area contributed by atoms with E-state index in [9.17, 15) is 19.2 Å². The van der Waals surface area contributed by atoms with Gasteiger partial charge in [0, 0.05) is 18.2 Å². The predicted molar refractivity (Wildman–Crippen MR) is 90.6 cm³/mol. The van der Waals surface area contributed by atoms with E-state index in [0.717, 1.165) is 0 Å². The van der Waals surface area contributed by atoms with Gasteiger partial charge in [0.15, 0.2) is 11.6 Å². The van der Waals surface area contributed by atoms with Crippen LogP contribution in [0, 0.1) is 0 Å². The first-order valence-corrected chi connectivity index (χ1v) is 8.19. The van der Waals surface area contributed by atoms with Gasteiger partial charge >= 0.3 is 11.9 Å². The molecule has 0 spiro atoms.